The van der Waals surface area contributed by atoms with Gasteiger partial charge in [-0.2, -0.15) is 10.2 Å². The highest BCUT2D eigenvalue weighted by Gasteiger charge is 2.20. The first kappa shape index (κ1) is 17.0. The molecule has 1 aliphatic rings. The molecule has 0 spiro atoms. The van der Waals surface area contributed by atoms with Crippen molar-refractivity contribution in [2.75, 3.05) is 0 Å². The highest BCUT2D eigenvalue weighted by atomic mass is 16.2. The van der Waals surface area contributed by atoms with Crippen LogP contribution in [0.25, 0.3) is 23.0 Å². The average molecular weight is 356 g/mol. The third kappa shape index (κ3) is 3.31. The normalized spacial score (nSPS) is 15.1. The van der Waals surface area contributed by atoms with Crippen LogP contribution in [0.5, 0.6) is 0 Å². The SMILES string of the molecule is CCc1ccc(-c2nn(-c3ccccc3)cc2C=C2C(=O)NN=C2C)cc1. The molecule has 0 saturated heterocycles. The van der Waals surface area contributed by atoms with Gasteiger partial charge in [0.15, 0.2) is 0 Å². The maximum absolute atomic E-state index is 12.1. The maximum atomic E-state index is 12.1. The van der Waals surface area contributed by atoms with Gasteiger partial charge in [-0.3, -0.25) is 4.79 Å². The van der Waals surface area contributed by atoms with Crippen molar-refractivity contribution < 1.29 is 4.79 Å². The van der Waals surface area contributed by atoms with E-state index >= 15 is 0 Å². The number of carbonyl (C=O) groups is 1. The van der Waals surface area contributed by atoms with E-state index in [1.54, 1.807) is 0 Å². The van der Waals surface area contributed by atoms with Crippen molar-refractivity contribution in [3.05, 3.63) is 77.5 Å². The Morgan fingerprint density at radius 2 is 1.81 bits per heavy atom. The standard InChI is InChI=1S/C22H20N4O/c1-3-16-9-11-17(12-10-16)21-18(13-20-15(2)23-24-22(20)27)14-26(25-21)19-7-5-4-6-8-19/h4-14H,3H2,1-2H3,(H,24,27). The van der Waals surface area contributed by atoms with Crippen molar-refractivity contribution >= 4 is 17.7 Å². The molecule has 0 fully saturated rings. The van der Waals surface area contributed by atoms with E-state index < -0.39 is 0 Å². The molecule has 27 heavy (non-hydrogen) atoms. The predicted octanol–water partition coefficient (Wildman–Crippen LogP) is 3.99. The summed E-state index contributed by atoms with van der Waals surface area (Å²) in [4.78, 5) is 12.1. The summed E-state index contributed by atoms with van der Waals surface area (Å²) >= 11 is 0. The van der Waals surface area contributed by atoms with Crippen molar-refractivity contribution in [3.63, 3.8) is 0 Å². The molecule has 1 aromatic heterocycles. The molecule has 0 atom stereocenters. The fourth-order valence-electron chi connectivity index (χ4n) is 3.07. The first-order chi connectivity index (χ1) is 13.2. The van der Waals surface area contributed by atoms with Crippen LogP contribution in [0, 0.1) is 0 Å². The van der Waals surface area contributed by atoms with Crippen LogP contribution in [-0.4, -0.2) is 21.4 Å². The number of hydrogen-bond donors (Lipinski definition) is 1. The van der Waals surface area contributed by atoms with Crippen LogP contribution in [0.3, 0.4) is 0 Å². The number of amides is 1. The Labute approximate surface area is 158 Å². The molecule has 1 N–H and O–H groups in total. The lowest BCUT2D eigenvalue weighted by Gasteiger charge is -2.02. The summed E-state index contributed by atoms with van der Waals surface area (Å²) < 4.78 is 1.84. The largest absolute Gasteiger partial charge is 0.273 e. The number of aryl methyl sites for hydroxylation is 1. The monoisotopic (exact) mass is 356 g/mol. The fraction of sp³-hybridized carbons (Fsp3) is 0.136. The van der Waals surface area contributed by atoms with Crippen LogP contribution in [0.4, 0.5) is 0 Å². The van der Waals surface area contributed by atoms with Gasteiger partial charge in [-0.25, -0.2) is 10.1 Å². The third-order valence-electron chi connectivity index (χ3n) is 4.66. The van der Waals surface area contributed by atoms with Gasteiger partial charge in [0.25, 0.3) is 5.91 Å². The van der Waals surface area contributed by atoms with Crippen molar-refractivity contribution in [1.82, 2.24) is 15.2 Å². The van der Waals surface area contributed by atoms with Crippen LogP contribution >= 0.6 is 0 Å². The van der Waals surface area contributed by atoms with Gasteiger partial charge in [-0.15, -0.1) is 0 Å². The Kier molecular flexibility index (Phi) is 4.42. The number of hydrazone groups is 1. The first-order valence-electron chi connectivity index (χ1n) is 8.97. The number of hydrogen-bond acceptors (Lipinski definition) is 3. The zero-order valence-corrected chi connectivity index (χ0v) is 15.3. The number of nitrogens with one attached hydrogen (secondary N) is 1. The predicted molar refractivity (Wildman–Crippen MR) is 108 cm³/mol. The molecule has 0 aliphatic carbocycles. The Balaban J connectivity index is 1.85. The van der Waals surface area contributed by atoms with E-state index in [0.29, 0.717) is 11.3 Å². The fourth-order valence-corrected chi connectivity index (χ4v) is 3.07. The van der Waals surface area contributed by atoms with Crippen molar-refractivity contribution in [3.8, 4) is 16.9 Å². The molecule has 2 aromatic carbocycles. The van der Waals surface area contributed by atoms with E-state index in [9.17, 15) is 4.79 Å². The second-order valence-electron chi connectivity index (χ2n) is 6.46. The summed E-state index contributed by atoms with van der Waals surface area (Å²) in [7, 11) is 0. The molecule has 2 heterocycles. The molecule has 5 nitrogen and oxygen atoms in total. The van der Waals surface area contributed by atoms with Crippen molar-refractivity contribution in [2.45, 2.75) is 20.3 Å². The number of para-hydroxylation sites is 1. The van der Waals surface area contributed by atoms with Gasteiger partial charge in [0.1, 0.15) is 0 Å². The Morgan fingerprint density at radius 3 is 2.44 bits per heavy atom. The molecule has 134 valence electrons. The lowest BCUT2D eigenvalue weighted by atomic mass is 10.0. The molecule has 0 bridgehead atoms. The van der Waals surface area contributed by atoms with Crippen LogP contribution < -0.4 is 5.43 Å². The van der Waals surface area contributed by atoms with Crippen molar-refractivity contribution in [1.29, 1.82) is 0 Å². The van der Waals surface area contributed by atoms with Crippen LogP contribution in [0.15, 0.2) is 71.5 Å². The minimum absolute atomic E-state index is 0.188. The summed E-state index contributed by atoms with van der Waals surface area (Å²) in [5, 5.41) is 8.81. The smallest absolute Gasteiger partial charge is 0.267 e. The Bertz CT molecular complexity index is 1040. The van der Waals surface area contributed by atoms with E-state index in [1.165, 1.54) is 5.56 Å². The van der Waals surface area contributed by atoms with Gasteiger partial charge < -0.3 is 0 Å². The van der Waals surface area contributed by atoms with Crippen LogP contribution in [-0.2, 0) is 11.2 Å². The van der Waals surface area contributed by atoms with E-state index in [-0.39, 0.29) is 5.91 Å². The van der Waals surface area contributed by atoms with Crippen molar-refractivity contribution in [2.24, 2.45) is 5.10 Å². The summed E-state index contributed by atoms with van der Waals surface area (Å²) in [5.74, 6) is -0.188. The highest BCUT2D eigenvalue weighted by Crippen LogP contribution is 2.27. The van der Waals surface area contributed by atoms with E-state index in [2.05, 4.69) is 41.7 Å². The van der Waals surface area contributed by atoms with Gasteiger partial charge in [-0.05, 0) is 37.1 Å². The van der Waals surface area contributed by atoms with Gasteiger partial charge in [-0.1, -0.05) is 49.4 Å². The van der Waals surface area contributed by atoms with E-state index in [4.69, 9.17) is 5.10 Å². The minimum Gasteiger partial charge on any atom is -0.267 e. The molecule has 4 rings (SSSR count). The van der Waals surface area contributed by atoms with E-state index in [1.807, 2.05) is 54.2 Å². The molecule has 5 heteroatoms. The second-order valence-corrected chi connectivity index (χ2v) is 6.46. The lowest BCUT2D eigenvalue weighted by molar-refractivity contribution is -0.116. The number of carbonyl (C=O) groups excluding carboxylic acids is 1. The highest BCUT2D eigenvalue weighted by molar-refractivity contribution is 6.26. The number of benzene rings is 2. The van der Waals surface area contributed by atoms with Crippen LogP contribution in [0.1, 0.15) is 25.0 Å². The quantitative estimate of drug-likeness (QED) is 0.719. The Hall–Kier alpha value is -3.47. The van der Waals surface area contributed by atoms with E-state index in [0.717, 1.165) is 28.9 Å². The van der Waals surface area contributed by atoms with Crippen LogP contribution in [0.2, 0.25) is 0 Å². The summed E-state index contributed by atoms with van der Waals surface area (Å²) in [6, 6.07) is 18.3. The lowest BCUT2D eigenvalue weighted by Crippen LogP contribution is -2.12. The molecule has 3 aromatic rings. The maximum Gasteiger partial charge on any atom is 0.273 e. The Morgan fingerprint density at radius 1 is 1.07 bits per heavy atom. The average Bonchev–Trinajstić information content (AvgIpc) is 3.28. The number of rotatable bonds is 4. The third-order valence-corrected chi connectivity index (χ3v) is 4.66. The zero-order valence-electron chi connectivity index (χ0n) is 15.3. The molecule has 0 unspecified atom stereocenters. The molecule has 1 aliphatic heterocycles. The van der Waals surface area contributed by atoms with Gasteiger partial charge in [0.2, 0.25) is 0 Å². The van der Waals surface area contributed by atoms with Gasteiger partial charge in [0, 0.05) is 17.3 Å². The number of nitrogens with zero attached hydrogens (tertiary/aromatic N) is 3. The summed E-state index contributed by atoms with van der Waals surface area (Å²) in [6.07, 6.45) is 4.80. The molecule has 1 amide bonds. The molecule has 0 saturated carbocycles. The topological polar surface area (TPSA) is 59.3 Å². The molecular weight excluding hydrogens is 336 g/mol. The van der Waals surface area contributed by atoms with Gasteiger partial charge in [0.05, 0.1) is 22.7 Å². The number of aromatic nitrogens is 2. The summed E-state index contributed by atoms with van der Waals surface area (Å²) in [6.45, 7) is 3.96. The first-order valence-corrected chi connectivity index (χ1v) is 8.97. The molecule has 0 radical (unpaired) electrons. The van der Waals surface area contributed by atoms with Gasteiger partial charge >= 0.3 is 0 Å². The second kappa shape index (κ2) is 7.03. The minimum atomic E-state index is -0.188. The molecular formula is C22H20N4O. The summed E-state index contributed by atoms with van der Waals surface area (Å²) in [5.41, 5.74) is 8.72. The zero-order chi connectivity index (χ0) is 18.8.